The summed E-state index contributed by atoms with van der Waals surface area (Å²) in [6.07, 6.45) is 0. The summed E-state index contributed by atoms with van der Waals surface area (Å²) in [6.45, 7) is 1.48. The van der Waals surface area contributed by atoms with E-state index in [2.05, 4.69) is 0 Å². The van der Waals surface area contributed by atoms with Crippen molar-refractivity contribution in [3.05, 3.63) is 48.0 Å². The summed E-state index contributed by atoms with van der Waals surface area (Å²) < 4.78 is 10.8. The Bertz CT molecular complexity index is 608. The molecule has 0 fully saturated rings. The van der Waals surface area contributed by atoms with Gasteiger partial charge < -0.3 is 15.2 Å². The van der Waals surface area contributed by atoms with Crippen LogP contribution in [-0.2, 0) is 0 Å². The molecule has 0 unspecified atom stereocenters. The zero-order valence-electron chi connectivity index (χ0n) is 10.8. The topological polar surface area (TPSA) is 61.5 Å². The van der Waals surface area contributed by atoms with Crippen molar-refractivity contribution >= 4 is 11.5 Å². The van der Waals surface area contributed by atoms with Gasteiger partial charge in [-0.2, -0.15) is 0 Å². The van der Waals surface area contributed by atoms with E-state index in [0.717, 1.165) is 0 Å². The Morgan fingerprint density at radius 2 is 1.74 bits per heavy atom. The number of methoxy groups -OCH3 is 1. The summed E-state index contributed by atoms with van der Waals surface area (Å²) in [7, 11) is 1.60. The predicted octanol–water partition coefficient (Wildman–Crippen LogP) is 3.27. The molecule has 2 aromatic carbocycles. The van der Waals surface area contributed by atoms with E-state index in [9.17, 15) is 4.79 Å². The molecule has 0 bridgehead atoms. The Morgan fingerprint density at radius 1 is 1.05 bits per heavy atom. The third-order valence-electron chi connectivity index (χ3n) is 2.68. The van der Waals surface area contributed by atoms with Gasteiger partial charge in [0.1, 0.15) is 17.2 Å². The number of carbonyl (C=O) groups excluding carboxylic acids is 1. The van der Waals surface area contributed by atoms with Gasteiger partial charge in [0.15, 0.2) is 5.78 Å². The number of nitrogens with two attached hydrogens (primary N) is 1. The third kappa shape index (κ3) is 3.04. The van der Waals surface area contributed by atoms with Gasteiger partial charge in [0.05, 0.1) is 7.11 Å². The molecule has 0 aliphatic heterocycles. The van der Waals surface area contributed by atoms with Crippen LogP contribution in [0.15, 0.2) is 42.5 Å². The molecule has 2 rings (SSSR count). The van der Waals surface area contributed by atoms with Crippen LogP contribution in [0.2, 0.25) is 0 Å². The Hall–Kier alpha value is -2.49. The van der Waals surface area contributed by atoms with E-state index < -0.39 is 0 Å². The van der Waals surface area contributed by atoms with Crippen molar-refractivity contribution in [2.45, 2.75) is 6.92 Å². The number of carbonyl (C=O) groups is 1. The predicted molar refractivity (Wildman–Crippen MR) is 73.9 cm³/mol. The summed E-state index contributed by atoms with van der Waals surface area (Å²) in [5.74, 6) is 1.88. The zero-order valence-corrected chi connectivity index (χ0v) is 10.8. The van der Waals surface area contributed by atoms with Crippen LogP contribution < -0.4 is 15.2 Å². The Balaban J connectivity index is 2.23. The van der Waals surface area contributed by atoms with E-state index in [4.69, 9.17) is 15.2 Å². The molecule has 0 aromatic heterocycles. The van der Waals surface area contributed by atoms with Crippen molar-refractivity contribution in [1.29, 1.82) is 0 Å². The lowest BCUT2D eigenvalue weighted by Crippen LogP contribution is -1.99. The highest BCUT2D eigenvalue weighted by molar-refractivity contribution is 5.99. The highest BCUT2D eigenvalue weighted by atomic mass is 16.5. The minimum atomic E-state index is -0.0644. The average Bonchev–Trinajstić information content (AvgIpc) is 2.38. The molecular weight excluding hydrogens is 242 g/mol. The van der Waals surface area contributed by atoms with Crippen molar-refractivity contribution in [2.24, 2.45) is 0 Å². The number of ether oxygens (including phenoxy) is 2. The van der Waals surface area contributed by atoms with E-state index >= 15 is 0 Å². The molecule has 0 aliphatic carbocycles. The molecule has 0 amide bonds. The van der Waals surface area contributed by atoms with Crippen LogP contribution in [0, 0.1) is 0 Å². The maximum absolute atomic E-state index is 11.3. The number of benzene rings is 2. The van der Waals surface area contributed by atoms with Gasteiger partial charge in [-0.1, -0.05) is 6.07 Å². The summed E-state index contributed by atoms with van der Waals surface area (Å²) in [5, 5.41) is 0. The molecule has 19 heavy (non-hydrogen) atoms. The second-order valence-electron chi connectivity index (χ2n) is 4.09. The van der Waals surface area contributed by atoms with E-state index in [-0.39, 0.29) is 5.78 Å². The first-order valence-electron chi connectivity index (χ1n) is 5.82. The average molecular weight is 257 g/mol. The number of anilines is 1. The standard InChI is InChI=1S/C15H15NO3/c1-10(17)14-7-6-13(9-15(14)16)19-12-5-3-4-11(8-12)18-2/h3-9H,16H2,1-2H3. The summed E-state index contributed by atoms with van der Waals surface area (Å²) in [4.78, 5) is 11.3. The normalized spacial score (nSPS) is 10.0. The van der Waals surface area contributed by atoms with Crippen LogP contribution >= 0.6 is 0 Å². The van der Waals surface area contributed by atoms with Crippen LogP contribution in [0.3, 0.4) is 0 Å². The van der Waals surface area contributed by atoms with Crippen molar-refractivity contribution in [1.82, 2.24) is 0 Å². The number of nitrogen functional groups attached to an aromatic ring is 1. The number of hydrogen-bond donors (Lipinski definition) is 1. The third-order valence-corrected chi connectivity index (χ3v) is 2.68. The SMILES string of the molecule is COc1cccc(Oc2ccc(C(C)=O)c(N)c2)c1. The first-order chi connectivity index (χ1) is 9.10. The fourth-order valence-electron chi connectivity index (χ4n) is 1.73. The molecule has 98 valence electrons. The van der Waals surface area contributed by atoms with Crippen molar-refractivity contribution in [3.63, 3.8) is 0 Å². The lowest BCUT2D eigenvalue weighted by molar-refractivity contribution is 0.101. The first-order valence-corrected chi connectivity index (χ1v) is 5.82. The van der Waals surface area contributed by atoms with Crippen LogP contribution in [-0.4, -0.2) is 12.9 Å². The molecule has 0 saturated carbocycles. The lowest BCUT2D eigenvalue weighted by atomic mass is 10.1. The number of rotatable bonds is 4. The first kappa shape index (κ1) is 13.0. The second kappa shape index (κ2) is 5.44. The highest BCUT2D eigenvalue weighted by Gasteiger charge is 2.06. The van der Waals surface area contributed by atoms with Crippen molar-refractivity contribution < 1.29 is 14.3 Å². The zero-order chi connectivity index (χ0) is 13.8. The monoisotopic (exact) mass is 257 g/mol. The molecule has 0 aliphatic rings. The maximum Gasteiger partial charge on any atom is 0.161 e. The molecule has 2 aromatic rings. The quantitative estimate of drug-likeness (QED) is 0.674. The largest absolute Gasteiger partial charge is 0.497 e. The van der Waals surface area contributed by atoms with Gasteiger partial charge in [0.2, 0.25) is 0 Å². The number of hydrogen-bond acceptors (Lipinski definition) is 4. The Kier molecular flexibility index (Phi) is 3.71. The van der Waals surface area contributed by atoms with Crippen LogP contribution in [0.5, 0.6) is 17.2 Å². The minimum Gasteiger partial charge on any atom is -0.497 e. The molecule has 2 N–H and O–H groups in total. The van der Waals surface area contributed by atoms with Crippen molar-refractivity contribution in [3.8, 4) is 17.2 Å². The van der Waals surface area contributed by atoms with Crippen LogP contribution in [0.1, 0.15) is 17.3 Å². The van der Waals surface area contributed by atoms with Gasteiger partial charge in [-0.25, -0.2) is 0 Å². The molecule has 0 radical (unpaired) electrons. The molecule has 0 atom stereocenters. The molecular formula is C15H15NO3. The van der Waals surface area contributed by atoms with Gasteiger partial charge in [-0.3, -0.25) is 4.79 Å². The van der Waals surface area contributed by atoms with Gasteiger partial charge >= 0.3 is 0 Å². The fraction of sp³-hybridized carbons (Fsp3) is 0.133. The van der Waals surface area contributed by atoms with Gasteiger partial charge in [-0.05, 0) is 31.2 Å². The van der Waals surface area contributed by atoms with Crippen LogP contribution in [0.25, 0.3) is 0 Å². The second-order valence-corrected chi connectivity index (χ2v) is 4.09. The lowest BCUT2D eigenvalue weighted by Gasteiger charge is -2.09. The van der Waals surface area contributed by atoms with Gasteiger partial charge in [0, 0.05) is 23.4 Å². The highest BCUT2D eigenvalue weighted by Crippen LogP contribution is 2.27. The molecule has 0 saturated heterocycles. The smallest absolute Gasteiger partial charge is 0.161 e. The van der Waals surface area contributed by atoms with Gasteiger partial charge in [0.25, 0.3) is 0 Å². The summed E-state index contributed by atoms with van der Waals surface area (Å²) in [6, 6.07) is 12.3. The molecule has 0 spiro atoms. The van der Waals surface area contributed by atoms with Crippen LogP contribution in [0.4, 0.5) is 5.69 Å². The van der Waals surface area contributed by atoms with E-state index in [0.29, 0.717) is 28.5 Å². The minimum absolute atomic E-state index is 0.0644. The Morgan fingerprint density at radius 3 is 2.37 bits per heavy atom. The van der Waals surface area contributed by atoms with Crippen molar-refractivity contribution in [2.75, 3.05) is 12.8 Å². The fourth-order valence-corrected chi connectivity index (χ4v) is 1.73. The molecule has 4 nitrogen and oxygen atoms in total. The number of ketones is 1. The molecule has 0 heterocycles. The summed E-state index contributed by atoms with van der Waals surface area (Å²) in [5.41, 5.74) is 6.71. The summed E-state index contributed by atoms with van der Waals surface area (Å²) >= 11 is 0. The van der Waals surface area contributed by atoms with E-state index in [1.165, 1.54) is 6.92 Å². The van der Waals surface area contributed by atoms with Gasteiger partial charge in [-0.15, -0.1) is 0 Å². The van der Waals surface area contributed by atoms with E-state index in [1.54, 1.807) is 31.4 Å². The maximum atomic E-state index is 11.3. The van der Waals surface area contributed by atoms with E-state index in [1.807, 2.05) is 18.2 Å². The number of Topliss-reactive ketones (excluding diaryl/α,β-unsaturated/α-hetero) is 1. The Labute approximate surface area is 111 Å². The molecule has 4 heteroatoms.